The fourth-order valence-corrected chi connectivity index (χ4v) is 1.44. The van der Waals surface area contributed by atoms with E-state index in [-0.39, 0.29) is 0 Å². The second-order valence-corrected chi connectivity index (χ2v) is 3.61. The van der Waals surface area contributed by atoms with E-state index in [2.05, 4.69) is 10.3 Å². The van der Waals surface area contributed by atoms with E-state index in [0.29, 0.717) is 18.7 Å². The maximum absolute atomic E-state index is 9.86. The van der Waals surface area contributed by atoms with Gasteiger partial charge in [0.05, 0.1) is 11.8 Å². The van der Waals surface area contributed by atoms with Crippen LogP contribution in [0.25, 0.3) is 0 Å². The van der Waals surface area contributed by atoms with E-state index in [9.17, 15) is 10.2 Å². The van der Waals surface area contributed by atoms with E-state index < -0.39 is 12.2 Å². The van der Waals surface area contributed by atoms with Gasteiger partial charge in [-0.3, -0.25) is 4.98 Å². The van der Waals surface area contributed by atoms with Gasteiger partial charge in [0.25, 0.3) is 0 Å². The molecule has 0 amide bonds. The van der Waals surface area contributed by atoms with Crippen LogP contribution < -0.4 is 5.32 Å². The summed E-state index contributed by atoms with van der Waals surface area (Å²) in [7, 11) is 1.81. The summed E-state index contributed by atoms with van der Waals surface area (Å²) >= 11 is 0. The van der Waals surface area contributed by atoms with Crippen molar-refractivity contribution in [2.24, 2.45) is 0 Å². The molecule has 1 aromatic heterocycles. The van der Waals surface area contributed by atoms with Crippen LogP contribution in [0, 0.1) is 6.92 Å². The lowest BCUT2D eigenvalue weighted by Gasteiger charge is -2.18. The van der Waals surface area contributed by atoms with Gasteiger partial charge >= 0.3 is 0 Å². The van der Waals surface area contributed by atoms with Gasteiger partial charge in [-0.1, -0.05) is 6.07 Å². The van der Waals surface area contributed by atoms with E-state index in [0.717, 1.165) is 5.56 Å². The molecule has 0 saturated carbocycles. The lowest BCUT2D eigenvalue weighted by molar-refractivity contribution is 0.0111. The molecule has 0 saturated heterocycles. The third-order valence-corrected chi connectivity index (χ3v) is 2.38. The number of aliphatic hydroxyl groups is 2. The van der Waals surface area contributed by atoms with Gasteiger partial charge < -0.3 is 15.5 Å². The fraction of sp³-hybridized carbons (Fsp3) is 0.545. The molecule has 0 fully saturated rings. The summed E-state index contributed by atoms with van der Waals surface area (Å²) < 4.78 is 0. The summed E-state index contributed by atoms with van der Waals surface area (Å²) in [5, 5.41) is 22.5. The molecule has 1 rings (SSSR count). The van der Waals surface area contributed by atoms with Crippen LogP contribution in [0.15, 0.2) is 18.3 Å². The predicted molar refractivity (Wildman–Crippen MR) is 58.5 cm³/mol. The Hall–Kier alpha value is -0.970. The van der Waals surface area contributed by atoms with Gasteiger partial charge in [0.2, 0.25) is 0 Å². The van der Waals surface area contributed by atoms with Crippen molar-refractivity contribution in [3.05, 3.63) is 29.6 Å². The number of nitrogens with one attached hydrogen (secondary N) is 1. The minimum atomic E-state index is -0.903. The number of hydrogen-bond donors (Lipinski definition) is 3. The van der Waals surface area contributed by atoms with Crippen molar-refractivity contribution in [2.45, 2.75) is 25.6 Å². The molecule has 4 heteroatoms. The molecule has 4 nitrogen and oxygen atoms in total. The van der Waals surface area contributed by atoms with Crippen molar-refractivity contribution >= 4 is 0 Å². The zero-order valence-corrected chi connectivity index (χ0v) is 9.14. The van der Waals surface area contributed by atoms with Crippen molar-refractivity contribution in [1.82, 2.24) is 10.3 Å². The Morgan fingerprint density at radius 2 is 2.20 bits per heavy atom. The number of nitrogens with zero attached hydrogens (tertiary/aromatic N) is 1. The number of aromatic nitrogens is 1. The summed E-state index contributed by atoms with van der Waals surface area (Å²) in [5.41, 5.74) is 1.45. The summed E-state index contributed by atoms with van der Waals surface area (Å²) in [6.07, 6.45) is 0.454. The highest BCUT2D eigenvalue weighted by molar-refractivity contribution is 5.20. The van der Waals surface area contributed by atoms with Crippen molar-refractivity contribution in [3.63, 3.8) is 0 Å². The number of pyridine rings is 1. The molecule has 84 valence electrons. The lowest BCUT2D eigenvalue weighted by atomic mass is 10.0. The zero-order valence-electron chi connectivity index (χ0n) is 9.14. The molecular weight excluding hydrogens is 192 g/mol. The smallest absolute Gasteiger partial charge is 0.122 e. The second kappa shape index (κ2) is 5.80. The highest BCUT2D eigenvalue weighted by atomic mass is 16.3. The third-order valence-electron chi connectivity index (χ3n) is 2.38. The van der Waals surface area contributed by atoms with Crippen molar-refractivity contribution in [3.8, 4) is 0 Å². The highest BCUT2D eigenvalue weighted by Crippen LogP contribution is 2.19. The first-order valence-electron chi connectivity index (χ1n) is 5.09. The molecule has 2 unspecified atom stereocenters. The Morgan fingerprint density at radius 1 is 1.47 bits per heavy atom. The Balaban J connectivity index is 2.67. The minimum Gasteiger partial charge on any atom is -0.390 e. The Morgan fingerprint density at radius 3 is 2.80 bits per heavy atom. The monoisotopic (exact) mass is 210 g/mol. The third kappa shape index (κ3) is 3.27. The average Bonchev–Trinajstić information content (AvgIpc) is 2.25. The predicted octanol–water partition coefficient (Wildman–Crippen LogP) is 0.394. The van der Waals surface area contributed by atoms with E-state index in [1.165, 1.54) is 0 Å². The first-order chi connectivity index (χ1) is 7.16. The van der Waals surface area contributed by atoms with Crippen LogP contribution in [0.5, 0.6) is 0 Å². The van der Waals surface area contributed by atoms with Crippen LogP contribution in [-0.2, 0) is 0 Å². The van der Waals surface area contributed by atoms with Gasteiger partial charge in [-0.2, -0.15) is 0 Å². The molecule has 0 radical (unpaired) electrons. The van der Waals surface area contributed by atoms with Gasteiger partial charge in [0.1, 0.15) is 6.10 Å². The summed E-state index contributed by atoms with van der Waals surface area (Å²) in [5.74, 6) is 0. The van der Waals surface area contributed by atoms with Crippen LogP contribution >= 0.6 is 0 Å². The molecular formula is C11H18N2O2. The number of aliphatic hydroxyl groups excluding tert-OH is 2. The van der Waals surface area contributed by atoms with E-state index >= 15 is 0 Å². The van der Waals surface area contributed by atoms with Crippen molar-refractivity contribution in [1.29, 1.82) is 0 Å². The maximum Gasteiger partial charge on any atom is 0.122 e. The quantitative estimate of drug-likeness (QED) is 0.658. The molecule has 1 aromatic rings. The van der Waals surface area contributed by atoms with Crippen LogP contribution in [0.1, 0.15) is 23.8 Å². The topological polar surface area (TPSA) is 65.4 Å². The normalized spacial score (nSPS) is 14.9. The fourth-order valence-electron chi connectivity index (χ4n) is 1.44. The van der Waals surface area contributed by atoms with Gasteiger partial charge in [0.15, 0.2) is 0 Å². The number of rotatable bonds is 5. The van der Waals surface area contributed by atoms with Crippen LogP contribution in [0.4, 0.5) is 0 Å². The number of aryl methyl sites for hydroxylation is 1. The summed E-state index contributed by atoms with van der Waals surface area (Å²) in [6, 6.07) is 3.68. The molecule has 0 aliphatic rings. The Labute approximate surface area is 90.0 Å². The van der Waals surface area contributed by atoms with Crippen LogP contribution in [0.2, 0.25) is 0 Å². The SMILES string of the molecule is CNCCC(O)C(O)c1ncccc1C. The summed E-state index contributed by atoms with van der Waals surface area (Å²) in [4.78, 5) is 4.08. The standard InChI is InChI=1S/C11H18N2O2/c1-8-4-3-6-13-10(8)11(15)9(14)5-7-12-2/h3-4,6,9,11-12,14-15H,5,7H2,1-2H3. The van der Waals surface area contributed by atoms with Crippen molar-refractivity contribution < 1.29 is 10.2 Å². The van der Waals surface area contributed by atoms with E-state index in [4.69, 9.17) is 0 Å². The Bertz CT molecular complexity index is 304. The largest absolute Gasteiger partial charge is 0.390 e. The van der Waals surface area contributed by atoms with Gasteiger partial charge in [-0.25, -0.2) is 0 Å². The molecule has 15 heavy (non-hydrogen) atoms. The van der Waals surface area contributed by atoms with Gasteiger partial charge in [-0.15, -0.1) is 0 Å². The molecule has 0 bridgehead atoms. The van der Waals surface area contributed by atoms with Gasteiger partial charge in [-0.05, 0) is 38.6 Å². The molecule has 0 spiro atoms. The van der Waals surface area contributed by atoms with Crippen LogP contribution in [0.3, 0.4) is 0 Å². The van der Waals surface area contributed by atoms with E-state index in [1.807, 2.05) is 26.1 Å². The number of hydrogen-bond acceptors (Lipinski definition) is 4. The lowest BCUT2D eigenvalue weighted by Crippen LogP contribution is -2.24. The Kier molecular flexibility index (Phi) is 4.68. The highest BCUT2D eigenvalue weighted by Gasteiger charge is 2.20. The minimum absolute atomic E-state index is 0.508. The van der Waals surface area contributed by atoms with Gasteiger partial charge in [0, 0.05) is 6.20 Å². The zero-order chi connectivity index (χ0) is 11.3. The van der Waals surface area contributed by atoms with E-state index in [1.54, 1.807) is 6.20 Å². The molecule has 2 atom stereocenters. The summed E-state index contributed by atoms with van der Waals surface area (Å²) in [6.45, 7) is 2.54. The maximum atomic E-state index is 9.86. The average molecular weight is 210 g/mol. The molecule has 0 aliphatic heterocycles. The van der Waals surface area contributed by atoms with Crippen molar-refractivity contribution in [2.75, 3.05) is 13.6 Å². The molecule has 3 N–H and O–H groups in total. The first kappa shape index (κ1) is 12.1. The first-order valence-corrected chi connectivity index (χ1v) is 5.09. The second-order valence-electron chi connectivity index (χ2n) is 3.61. The molecule has 1 heterocycles. The van der Waals surface area contributed by atoms with Crippen LogP contribution in [-0.4, -0.2) is 34.9 Å². The molecule has 0 aromatic carbocycles. The molecule has 0 aliphatic carbocycles.